The first-order chi connectivity index (χ1) is 11.7. The smallest absolute Gasteiger partial charge is 0.336 e. The molecule has 24 heavy (non-hydrogen) atoms. The maximum atomic E-state index is 12.0. The Morgan fingerprint density at radius 2 is 1.92 bits per heavy atom. The maximum Gasteiger partial charge on any atom is 0.336 e. The molecule has 3 aliphatic heterocycles. The zero-order valence-electron chi connectivity index (χ0n) is 14.1. The monoisotopic (exact) mass is 324 g/mol. The summed E-state index contributed by atoms with van der Waals surface area (Å²) in [4.78, 5) is 14.7. The van der Waals surface area contributed by atoms with Gasteiger partial charge in [-0.2, -0.15) is 0 Å². The van der Waals surface area contributed by atoms with Crippen molar-refractivity contribution in [3.8, 4) is 0 Å². The number of fused-ring (bicyclic) bond motifs is 6. The van der Waals surface area contributed by atoms with Crippen molar-refractivity contribution >= 4 is 11.0 Å². The highest BCUT2D eigenvalue weighted by atomic mass is 16.4. The molecule has 0 spiro atoms. The van der Waals surface area contributed by atoms with Crippen molar-refractivity contribution in [2.45, 2.75) is 44.8 Å². The molecule has 0 aliphatic carbocycles. The number of nitrogens with zero attached hydrogens (tertiary/aromatic N) is 1. The van der Waals surface area contributed by atoms with Crippen molar-refractivity contribution < 1.29 is 4.42 Å². The van der Waals surface area contributed by atoms with Crippen LogP contribution in [0.1, 0.15) is 30.9 Å². The average molecular weight is 324 g/mol. The van der Waals surface area contributed by atoms with Gasteiger partial charge in [0.25, 0.3) is 0 Å². The molecule has 0 amide bonds. The minimum absolute atomic E-state index is 0.227. The van der Waals surface area contributed by atoms with E-state index in [-0.39, 0.29) is 5.63 Å². The predicted molar refractivity (Wildman–Crippen MR) is 94.1 cm³/mol. The Bertz CT molecular complexity index is 825. The summed E-state index contributed by atoms with van der Waals surface area (Å²) in [6.45, 7) is 5.38. The van der Waals surface area contributed by atoms with Gasteiger partial charge in [-0.25, -0.2) is 4.79 Å². The molecule has 0 unspecified atom stereocenters. The van der Waals surface area contributed by atoms with Crippen LogP contribution in [0.4, 0.5) is 0 Å². The Balaban J connectivity index is 1.54. The molecular weight excluding hydrogens is 300 g/mol. The number of rotatable bonds is 3. The first kappa shape index (κ1) is 14.7. The molecule has 2 aromatic rings. The molecule has 0 saturated carbocycles. The zero-order valence-corrected chi connectivity index (χ0v) is 14.1. The van der Waals surface area contributed by atoms with Gasteiger partial charge in [0.05, 0.1) is 0 Å². The van der Waals surface area contributed by atoms with Crippen molar-refractivity contribution in [1.82, 2.24) is 10.2 Å². The molecule has 1 aromatic heterocycles. The van der Waals surface area contributed by atoms with Crippen LogP contribution in [0.25, 0.3) is 11.0 Å². The fourth-order valence-electron chi connectivity index (χ4n) is 5.46. The van der Waals surface area contributed by atoms with Crippen LogP contribution in [0.15, 0.2) is 33.5 Å². The second-order valence-electron chi connectivity index (χ2n) is 7.65. The minimum atomic E-state index is -0.227. The van der Waals surface area contributed by atoms with E-state index in [0.29, 0.717) is 12.1 Å². The lowest BCUT2D eigenvalue weighted by Crippen LogP contribution is -2.34. The van der Waals surface area contributed by atoms with Crippen molar-refractivity contribution in [2.75, 3.05) is 13.1 Å². The Morgan fingerprint density at radius 1 is 1.17 bits per heavy atom. The first-order valence-corrected chi connectivity index (χ1v) is 9.26. The van der Waals surface area contributed by atoms with Crippen molar-refractivity contribution in [1.29, 1.82) is 0 Å². The lowest BCUT2D eigenvalue weighted by atomic mass is 9.82. The lowest BCUT2D eigenvalue weighted by Gasteiger charge is -2.24. The third-order valence-electron chi connectivity index (χ3n) is 6.56. The van der Waals surface area contributed by atoms with Gasteiger partial charge in [-0.05, 0) is 67.4 Å². The van der Waals surface area contributed by atoms with Gasteiger partial charge >= 0.3 is 5.63 Å². The molecule has 1 aromatic carbocycles. The van der Waals surface area contributed by atoms with Crippen LogP contribution in [0.5, 0.6) is 0 Å². The van der Waals surface area contributed by atoms with Crippen LogP contribution < -0.4 is 10.9 Å². The average Bonchev–Trinajstić information content (AvgIpc) is 3.27. The predicted octanol–water partition coefficient (Wildman–Crippen LogP) is 2.54. The summed E-state index contributed by atoms with van der Waals surface area (Å²) in [5.41, 5.74) is 2.93. The molecule has 3 saturated heterocycles. The highest BCUT2D eigenvalue weighted by Crippen LogP contribution is 2.48. The normalized spacial score (nSPS) is 31.9. The molecule has 5 rings (SSSR count). The highest BCUT2D eigenvalue weighted by Gasteiger charge is 2.54. The first-order valence-electron chi connectivity index (χ1n) is 9.26. The summed E-state index contributed by atoms with van der Waals surface area (Å²) in [6.07, 6.45) is 3.62. The Morgan fingerprint density at radius 3 is 2.62 bits per heavy atom. The summed E-state index contributed by atoms with van der Waals surface area (Å²) in [5.74, 6) is 1.61. The van der Waals surface area contributed by atoms with E-state index in [1.54, 1.807) is 6.07 Å². The van der Waals surface area contributed by atoms with Crippen molar-refractivity contribution in [2.24, 2.45) is 11.8 Å². The van der Waals surface area contributed by atoms with E-state index < -0.39 is 0 Å². The highest BCUT2D eigenvalue weighted by molar-refractivity contribution is 5.81. The number of nitrogens with one attached hydrogen (secondary N) is 1. The maximum absolute atomic E-state index is 12.0. The van der Waals surface area contributed by atoms with Crippen LogP contribution >= 0.6 is 0 Å². The number of hydrogen-bond acceptors (Lipinski definition) is 4. The van der Waals surface area contributed by atoms with E-state index in [1.165, 1.54) is 31.5 Å². The summed E-state index contributed by atoms with van der Waals surface area (Å²) >= 11 is 0. The Labute approximate surface area is 141 Å². The lowest BCUT2D eigenvalue weighted by molar-refractivity contribution is 0.219. The Kier molecular flexibility index (Phi) is 3.32. The third-order valence-corrected chi connectivity index (χ3v) is 6.56. The third kappa shape index (κ3) is 2.09. The van der Waals surface area contributed by atoms with Gasteiger partial charge in [0.2, 0.25) is 0 Å². The Hall–Kier alpha value is -1.65. The molecule has 3 aliphatic rings. The molecule has 126 valence electrons. The van der Waals surface area contributed by atoms with Crippen molar-refractivity contribution in [3.63, 3.8) is 0 Å². The summed E-state index contributed by atoms with van der Waals surface area (Å²) in [7, 11) is 0. The topological polar surface area (TPSA) is 45.5 Å². The van der Waals surface area contributed by atoms with Gasteiger partial charge in [0.1, 0.15) is 5.58 Å². The van der Waals surface area contributed by atoms with E-state index >= 15 is 0 Å². The molecule has 4 atom stereocenters. The van der Waals surface area contributed by atoms with E-state index in [1.807, 2.05) is 6.07 Å². The fraction of sp³-hybridized carbons (Fsp3) is 0.550. The molecule has 4 heterocycles. The van der Waals surface area contributed by atoms with E-state index in [0.717, 1.165) is 41.3 Å². The second-order valence-corrected chi connectivity index (χ2v) is 7.65. The quantitative estimate of drug-likeness (QED) is 0.882. The molecule has 4 heteroatoms. The van der Waals surface area contributed by atoms with Crippen LogP contribution in [-0.4, -0.2) is 30.1 Å². The number of aryl methyl sites for hydroxylation is 1. The van der Waals surface area contributed by atoms with E-state index in [4.69, 9.17) is 4.42 Å². The van der Waals surface area contributed by atoms with Crippen LogP contribution in [-0.2, 0) is 13.0 Å². The van der Waals surface area contributed by atoms with Crippen LogP contribution in [0.3, 0.4) is 0 Å². The molecule has 2 bridgehead atoms. The van der Waals surface area contributed by atoms with Crippen LogP contribution in [0.2, 0.25) is 0 Å². The standard InChI is InChI=1S/C20H24N2O2/c1-2-12-3-6-19-14(7-12)13(8-20(23)24-19)11-22-17-4-5-18(22)16-10-21-9-15(16)17/h3,6-8,15-18,21H,2,4-5,9-11H2,1H3/t15-,16+,17-,18+. The van der Waals surface area contributed by atoms with Crippen molar-refractivity contribution in [3.05, 3.63) is 45.8 Å². The molecule has 1 N–H and O–H groups in total. The fourth-order valence-corrected chi connectivity index (χ4v) is 5.46. The van der Waals surface area contributed by atoms with Gasteiger partial charge < -0.3 is 9.73 Å². The SMILES string of the molecule is CCc1ccc2oc(=O)cc(CN3[C@@H]4CC[C@H]3[C@H]3CNC[C@H]34)c2c1. The number of benzene rings is 1. The van der Waals surface area contributed by atoms with E-state index in [9.17, 15) is 4.79 Å². The van der Waals surface area contributed by atoms with E-state index in [2.05, 4.69) is 29.3 Å². The van der Waals surface area contributed by atoms with Gasteiger partial charge in [-0.15, -0.1) is 0 Å². The molecular formula is C20H24N2O2. The number of hydrogen-bond donors (Lipinski definition) is 1. The summed E-state index contributed by atoms with van der Waals surface area (Å²) in [6, 6.07) is 9.31. The molecule has 0 radical (unpaired) electrons. The van der Waals surface area contributed by atoms with Gasteiger partial charge in [0, 0.05) is 30.1 Å². The molecule has 4 nitrogen and oxygen atoms in total. The van der Waals surface area contributed by atoms with Gasteiger partial charge in [-0.1, -0.05) is 13.0 Å². The largest absolute Gasteiger partial charge is 0.423 e. The minimum Gasteiger partial charge on any atom is -0.423 e. The summed E-state index contributed by atoms with van der Waals surface area (Å²) < 4.78 is 5.43. The van der Waals surface area contributed by atoms with Gasteiger partial charge in [0.15, 0.2) is 0 Å². The second kappa shape index (κ2) is 5.43. The zero-order chi connectivity index (χ0) is 16.3. The van der Waals surface area contributed by atoms with Gasteiger partial charge in [-0.3, -0.25) is 4.90 Å². The summed E-state index contributed by atoms with van der Waals surface area (Å²) in [5, 5.41) is 4.69. The van der Waals surface area contributed by atoms with Crippen LogP contribution in [0, 0.1) is 11.8 Å². The molecule has 3 fully saturated rings.